The number of sulfonamides is 1. The van der Waals surface area contributed by atoms with Crippen LogP contribution in [-0.2, 0) is 16.6 Å². The second-order valence-electron chi connectivity index (χ2n) is 5.11. The van der Waals surface area contributed by atoms with E-state index in [1.807, 2.05) is 17.5 Å². The van der Waals surface area contributed by atoms with Crippen LogP contribution in [0.15, 0.2) is 46.9 Å². The van der Waals surface area contributed by atoms with Gasteiger partial charge in [-0.3, -0.25) is 0 Å². The van der Waals surface area contributed by atoms with Gasteiger partial charge in [-0.15, -0.1) is 11.3 Å². The third-order valence-electron chi connectivity index (χ3n) is 3.44. The number of anilines is 1. The quantitative estimate of drug-likeness (QED) is 0.767. The van der Waals surface area contributed by atoms with Crippen LogP contribution in [0.5, 0.6) is 0 Å². The summed E-state index contributed by atoms with van der Waals surface area (Å²) in [6.07, 6.45) is 1.50. The van der Waals surface area contributed by atoms with Gasteiger partial charge in [-0.2, -0.15) is 0 Å². The Morgan fingerprint density at radius 3 is 2.74 bits per heavy atom. The van der Waals surface area contributed by atoms with Gasteiger partial charge in [0.1, 0.15) is 17.0 Å². The number of rotatable bonds is 5. The minimum Gasteiger partial charge on any atom is -0.365 e. The van der Waals surface area contributed by atoms with Gasteiger partial charge < -0.3 is 5.32 Å². The standard InChI is InChI=1S/C15H16N4O2S2/c1-19(2)23(20,21)13-6-4-3-5-11(13)9-16-14-12-7-8-22-15(12)18-10-17-14/h3-8,10H,9H2,1-2H3,(H,16,17,18). The summed E-state index contributed by atoms with van der Waals surface area (Å²) >= 11 is 1.54. The molecule has 1 aromatic carbocycles. The molecule has 0 spiro atoms. The van der Waals surface area contributed by atoms with E-state index in [2.05, 4.69) is 15.3 Å². The Balaban J connectivity index is 1.91. The molecule has 0 saturated heterocycles. The fourth-order valence-corrected chi connectivity index (χ4v) is 4.06. The van der Waals surface area contributed by atoms with Crippen LogP contribution in [0.25, 0.3) is 10.2 Å². The molecule has 8 heteroatoms. The maximum atomic E-state index is 12.4. The molecule has 6 nitrogen and oxygen atoms in total. The Kier molecular flexibility index (Phi) is 4.29. The molecular weight excluding hydrogens is 332 g/mol. The first-order valence-electron chi connectivity index (χ1n) is 6.92. The minimum atomic E-state index is -3.48. The van der Waals surface area contributed by atoms with E-state index in [0.717, 1.165) is 10.2 Å². The monoisotopic (exact) mass is 348 g/mol. The summed E-state index contributed by atoms with van der Waals surface area (Å²) in [4.78, 5) is 9.65. The van der Waals surface area contributed by atoms with Crippen LogP contribution < -0.4 is 5.32 Å². The number of hydrogen-bond acceptors (Lipinski definition) is 6. The van der Waals surface area contributed by atoms with Gasteiger partial charge in [0.05, 0.1) is 10.3 Å². The number of nitrogens with one attached hydrogen (secondary N) is 1. The van der Waals surface area contributed by atoms with Crippen molar-refractivity contribution < 1.29 is 8.42 Å². The fraction of sp³-hybridized carbons (Fsp3) is 0.200. The second-order valence-corrected chi connectivity index (χ2v) is 8.13. The second kappa shape index (κ2) is 6.23. The molecule has 0 saturated carbocycles. The Labute approximate surface area is 138 Å². The number of nitrogens with zero attached hydrogens (tertiary/aromatic N) is 3. The average Bonchev–Trinajstić information content (AvgIpc) is 3.02. The molecule has 23 heavy (non-hydrogen) atoms. The molecule has 0 aliphatic rings. The fourth-order valence-electron chi connectivity index (χ4n) is 2.21. The SMILES string of the molecule is CN(C)S(=O)(=O)c1ccccc1CNc1ncnc2sccc12. The van der Waals surface area contributed by atoms with E-state index >= 15 is 0 Å². The molecule has 0 radical (unpaired) electrons. The van der Waals surface area contributed by atoms with Crippen LogP contribution in [0.3, 0.4) is 0 Å². The smallest absolute Gasteiger partial charge is 0.242 e. The summed E-state index contributed by atoms with van der Waals surface area (Å²) in [6.45, 7) is 0.366. The average molecular weight is 348 g/mol. The lowest BCUT2D eigenvalue weighted by Gasteiger charge is -2.15. The number of aromatic nitrogens is 2. The third kappa shape index (κ3) is 3.05. The largest absolute Gasteiger partial charge is 0.365 e. The highest BCUT2D eigenvalue weighted by Crippen LogP contribution is 2.25. The molecule has 0 bridgehead atoms. The van der Waals surface area contributed by atoms with E-state index in [-0.39, 0.29) is 0 Å². The van der Waals surface area contributed by atoms with Gasteiger partial charge in [0.15, 0.2) is 0 Å². The summed E-state index contributed by atoms with van der Waals surface area (Å²) in [6, 6.07) is 8.92. The van der Waals surface area contributed by atoms with Crippen LogP contribution in [0.4, 0.5) is 5.82 Å². The van der Waals surface area contributed by atoms with Crippen molar-refractivity contribution in [1.82, 2.24) is 14.3 Å². The van der Waals surface area contributed by atoms with Gasteiger partial charge in [0, 0.05) is 20.6 Å². The zero-order valence-electron chi connectivity index (χ0n) is 12.7. The van der Waals surface area contributed by atoms with Crippen LogP contribution >= 0.6 is 11.3 Å². The number of thiophene rings is 1. The van der Waals surface area contributed by atoms with Crippen molar-refractivity contribution in [3.05, 3.63) is 47.6 Å². The molecule has 3 rings (SSSR count). The molecule has 0 aliphatic carbocycles. The molecule has 120 valence electrons. The van der Waals surface area contributed by atoms with Crippen molar-refractivity contribution in [3.8, 4) is 0 Å². The molecule has 0 aliphatic heterocycles. The lowest BCUT2D eigenvalue weighted by molar-refractivity contribution is 0.520. The summed E-state index contributed by atoms with van der Waals surface area (Å²) in [5.74, 6) is 0.702. The Morgan fingerprint density at radius 1 is 1.17 bits per heavy atom. The third-order valence-corrected chi connectivity index (χ3v) is 6.18. The van der Waals surface area contributed by atoms with Crippen molar-refractivity contribution >= 4 is 37.4 Å². The molecule has 0 atom stereocenters. The maximum Gasteiger partial charge on any atom is 0.242 e. The molecule has 0 fully saturated rings. The maximum absolute atomic E-state index is 12.4. The Hall–Kier alpha value is -2.03. The normalized spacial score (nSPS) is 12.0. The first-order valence-corrected chi connectivity index (χ1v) is 9.24. The van der Waals surface area contributed by atoms with Gasteiger partial charge >= 0.3 is 0 Å². The van der Waals surface area contributed by atoms with Crippen LogP contribution in [0.2, 0.25) is 0 Å². The Bertz CT molecular complexity index is 935. The summed E-state index contributed by atoms with van der Waals surface area (Å²) < 4.78 is 26.0. The number of hydrogen-bond donors (Lipinski definition) is 1. The number of benzene rings is 1. The predicted molar refractivity (Wildman–Crippen MR) is 92.1 cm³/mol. The van der Waals surface area contributed by atoms with E-state index < -0.39 is 10.0 Å². The number of fused-ring (bicyclic) bond motifs is 1. The first kappa shape index (κ1) is 15.9. The zero-order valence-corrected chi connectivity index (χ0v) is 14.4. The molecular formula is C15H16N4O2S2. The lowest BCUT2D eigenvalue weighted by Crippen LogP contribution is -2.23. The van der Waals surface area contributed by atoms with E-state index in [0.29, 0.717) is 22.8 Å². The lowest BCUT2D eigenvalue weighted by atomic mass is 10.2. The van der Waals surface area contributed by atoms with Crippen molar-refractivity contribution in [3.63, 3.8) is 0 Å². The molecule has 0 unspecified atom stereocenters. The van der Waals surface area contributed by atoms with Gasteiger partial charge in [-0.25, -0.2) is 22.7 Å². The highest BCUT2D eigenvalue weighted by atomic mass is 32.2. The molecule has 0 amide bonds. The topological polar surface area (TPSA) is 75.2 Å². The molecule has 1 N–H and O–H groups in total. The van der Waals surface area contributed by atoms with Gasteiger partial charge in [-0.05, 0) is 23.1 Å². The molecule has 2 heterocycles. The van der Waals surface area contributed by atoms with Gasteiger partial charge in [0.2, 0.25) is 10.0 Å². The van der Waals surface area contributed by atoms with Crippen molar-refractivity contribution in [2.45, 2.75) is 11.4 Å². The van der Waals surface area contributed by atoms with Crippen molar-refractivity contribution in [1.29, 1.82) is 0 Å². The van der Waals surface area contributed by atoms with E-state index in [4.69, 9.17) is 0 Å². The summed E-state index contributed by atoms with van der Waals surface area (Å²) in [5, 5.41) is 6.10. The Morgan fingerprint density at radius 2 is 1.96 bits per heavy atom. The zero-order chi connectivity index (χ0) is 16.4. The van der Waals surface area contributed by atoms with E-state index in [1.165, 1.54) is 24.7 Å². The van der Waals surface area contributed by atoms with E-state index in [9.17, 15) is 8.42 Å². The van der Waals surface area contributed by atoms with Gasteiger partial charge in [-0.1, -0.05) is 18.2 Å². The molecule has 3 aromatic rings. The van der Waals surface area contributed by atoms with Crippen molar-refractivity contribution in [2.24, 2.45) is 0 Å². The minimum absolute atomic E-state index is 0.299. The van der Waals surface area contributed by atoms with Crippen LogP contribution in [0, 0.1) is 0 Å². The van der Waals surface area contributed by atoms with E-state index in [1.54, 1.807) is 29.5 Å². The first-order chi connectivity index (χ1) is 11.0. The van der Waals surface area contributed by atoms with Crippen LogP contribution in [0.1, 0.15) is 5.56 Å². The van der Waals surface area contributed by atoms with Gasteiger partial charge in [0.25, 0.3) is 0 Å². The highest BCUT2D eigenvalue weighted by molar-refractivity contribution is 7.89. The predicted octanol–water partition coefficient (Wildman–Crippen LogP) is 2.55. The van der Waals surface area contributed by atoms with Crippen molar-refractivity contribution in [2.75, 3.05) is 19.4 Å². The summed E-state index contributed by atoms with van der Waals surface area (Å²) in [7, 11) is -0.428. The molecule has 2 aromatic heterocycles. The summed E-state index contributed by atoms with van der Waals surface area (Å²) in [5.41, 5.74) is 0.697. The highest BCUT2D eigenvalue weighted by Gasteiger charge is 2.20. The van der Waals surface area contributed by atoms with Crippen LogP contribution in [-0.4, -0.2) is 36.8 Å².